The molecular weight excluding hydrogens is 370 g/mol. The predicted octanol–water partition coefficient (Wildman–Crippen LogP) is 2.46. The molecule has 7 heteroatoms. The normalized spacial score (nSPS) is 14.3. The van der Waals surface area contributed by atoms with Gasteiger partial charge in [0.05, 0.1) is 5.39 Å². The average Bonchev–Trinajstić information content (AvgIpc) is 2.75. The van der Waals surface area contributed by atoms with Crippen LogP contribution in [0.25, 0.3) is 10.8 Å². The number of ether oxygens (including phenoxy) is 1. The van der Waals surface area contributed by atoms with Crippen molar-refractivity contribution in [1.82, 2.24) is 9.78 Å². The Morgan fingerprint density at radius 1 is 1.07 bits per heavy atom. The molecular formula is C22H21N3O4. The molecule has 1 aliphatic heterocycles. The fourth-order valence-corrected chi connectivity index (χ4v) is 3.70. The highest BCUT2D eigenvalue weighted by Gasteiger charge is 2.29. The summed E-state index contributed by atoms with van der Waals surface area (Å²) >= 11 is 0. The summed E-state index contributed by atoms with van der Waals surface area (Å²) in [5.41, 5.74) is 1.68. The van der Waals surface area contributed by atoms with Crippen LogP contribution in [0.5, 0.6) is 0 Å². The summed E-state index contributed by atoms with van der Waals surface area (Å²) in [5.74, 6) is -1.01. The van der Waals surface area contributed by atoms with Gasteiger partial charge in [0.15, 0.2) is 11.8 Å². The fraction of sp³-hybridized carbons (Fsp3) is 0.273. The van der Waals surface area contributed by atoms with Gasteiger partial charge in [-0.05, 0) is 37.5 Å². The number of amides is 1. The first-order valence-corrected chi connectivity index (χ1v) is 9.53. The lowest BCUT2D eigenvalue weighted by Crippen LogP contribution is -2.43. The summed E-state index contributed by atoms with van der Waals surface area (Å²) in [5, 5.41) is 4.85. The number of benzene rings is 2. The molecule has 148 valence electrons. The number of nitrogens with zero attached hydrogens (tertiary/aromatic N) is 3. The van der Waals surface area contributed by atoms with Gasteiger partial charge in [-0.25, -0.2) is 9.48 Å². The first-order valence-electron chi connectivity index (χ1n) is 9.53. The van der Waals surface area contributed by atoms with Crippen LogP contribution in [0.4, 0.5) is 5.69 Å². The molecule has 0 unspecified atom stereocenters. The van der Waals surface area contributed by atoms with Crippen LogP contribution >= 0.6 is 0 Å². The van der Waals surface area contributed by atoms with Gasteiger partial charge in [0.2, 0.25) is 0 Å². The van der Waals surface area contributed by atoms with Crippen molar-refractivity contribution in [2.75, 3.05) is 11.4 Å². The summed E-state index contributed by atoms with van der Waals surface area (Å²) in [6.45, 7) is 2.14. The summed E-state index contributed by atoms with van der Waals surface area (Å²) in [7, 11) is 1.48. The van der Waals surface area contributed by atoms with E-state index < -0.39 is 12.1 Å². The predicted molar refractivity (Wildman–Crippen MR) is 109 cm³/mol. The molecule has 1 amide bonds. The number of aromatic nitrogens is 2. The van der Waals surface area contributed by atoms with Crippen LogP contribution in [0.2, 0.25) is 0 Å². The highest BCUT2D eigenvalue weighted by atomic mass is 16.5. The number of hydrogen-bond donors (Lipinski definition) is 0. The van der Waals surface area contributed by atoms with Gasteiger partial charge in [-0.3, -0.25) is 9.59 Å². The zero-order valence-electron chi connectivity index (χ0n) is 16.3. The molecule has 2 aromatic carbocycles. The van der Waals surface area contributed by atoms with E-state index in [4.69, 9.17) is 4.74 Å². The molecule has 0 fully saturated rings. The second-order valence-electron chi connectivity index (χ2n) is 7.09. The van der Waals surface area contributed by atoms with Crippen LogP contribution in [0.3, 0.4) is 0 Å². The lowest BCUT2D eigenvalue weighted by Gasteiger charge is -2.31. The molecule has 0 radical (unpaired) electrons. The molecule has 1 aliphatic rings. The highest BCUT2D eigenvalue weighted by molar-refractivity contribution is 6.04. The van der Waals surface area contributed by atoms with Crippen LogP contribution < -0.4 is 10.5 Å². The van der Waals surface area contributed by atoms with Crippen LogP contribution in [0.1, 0.15) is 29.4 Å². The molecule has 29 heavy (non-hydrogen) atoms. The quantitative estimate of drug-likeness (QED) is 0.641. The number of carbonyl (C=O) groups is 2. The van der Waals surface area contributed by atoms with Crippen molar-refractivity contribution in [3.63, 3.8) is 0 Å². The molecule has 0 saturated heterocycles. The number of anilines is 1. The lowest BCUT2D eigenvalue weighted by atomic mass is 10.0. The minimum absolute atomic E-state index is 0.0152. The van der Waals surface area contributed by atoms with E-state index >= 15 is 0 Å². The minimum Gasteiger partial charge on any atom is -0.448 e. The molecule has 7 nitrogen and oxygen atoms in total. The number of para-hydroxylation sites is 1. The van der Waals surface area contributed by atoms with E-state index in [9.17, 15) is 14.4 Å². The maximum Gasteiger partial charge on any atom is 0.360 e. The Labute approximate surface area is 167 Å². The zero-order chi connectivity index (χ0) is 20.5. The summed E-state index contributed by atoms with van der Waals surface area (Å²) in [6, 6.07) is 14.5. The molecule has 2 heterocycles. The molecule has 3 aromatic rings. The Bertz CT molecular complexity index is 1170. The summed E-state index contributed by atoms with van der Waals surface area (Å²) < 4.78 is 6.56. The van der Waals surface area contributed by atoms with E-state index in [0.29, 0.717) is 17.3 Å². The summed E-state index contributed by atoms with van der Waals surface area (Å²) in [6.07, 6.45) is 0.796. The van der Waals surface area contributed by atoms with Gasteiger partial charge in [0.1, 0.15) is 0 Å². The van der Waals surface area contributed by atoms with Crippen molar-refractivity contribution < 1.29 is 14.3 Å². The standard InChI is InChI=1S/C22H21N3O4/c1-14(20(26)25-13-7-9-15-8-3-6-12-18(15)25)29-22(28)19-16-10-4-5-11-17(16)21(27)24(2)23-19/h3-6,8,10-12,14H,7,9,13H2,1-2H3/t14-/m1/s1. The fourth-order valence-electron chi connectivity index (χ4n) is 3.70. The number of fused-ring (bicyclic) bond motifs is 2. The maximum atomic E-state index is 13.0. The van der Waals surface area contributed by atoms with Crippen molar-refractivity contribution >= 4 is 28.3 Å². The lowest BCUT2D eigenvalue weighted by molar-refractivity contribution is -0.126. The van der Waals surface area contributed by atoms with E-state index in [0.717, 1.165) is 28.8 Å². The maximum absolute atomic E-state index is 13.0. The van der Waals surface area contributed by atoms with Crippen molar-refractivity contribution in [1.29, 1.82) is 0 Å². The van der Waals surface area contributed by atoms with Crippen LogP contribution in [-0.4, -0.2) is 34.3 Å². The van der Waals surface area contributed by atoms with E-state index in [-0.39, 0.29) is 17.2 Å². The van der Waals surface area contributed by atoms with Gasteiger partial charge in [-0.1, -0.05) is 36.4 Å². The molecule has 0 saturated carbocycles. The van der Waals surface area contributed by atoms with Gasteiger partial charge in [-0.2, -0.15) is 5.10 Å². The first-order chi connectivity index (χ1) is 14.0. The Balaban J connectivity index is 1.60. The molecule has 0 aliphatic carbocycles. The largest absolute Gasteiger partial charge is 0.448 e. The number of carbonyl (C=O) groups excluding carboxylic acids is 2. The van der Waals surface area contributed by atoms with Crippen molar-refractivity contribution in [3.8, 4) is 0 Å². The molecule has 1 aromatic heterocycles. The Morgan fingerprint density at radius 2 is 1.76 bits per heavy atom. The topological polar surface area (TPSA) is 81.5 Å². The van der Waals surface area contributed by atoms with Gasteiger partial charge >= 0.3 is 5.97 Å². The van der Waals surface area contributed by atoms with Gasteiger partial charge in [0, 0.05) is 24.7 Å². The monoisotopic (exact) mass is 391 g/mol. The third-order valence-corrected chi connectivity index (χ3v) is 5.16. The van der Waals surface area contributed by atoms with Gasteiger partial charge < -0.3 is 9.64 Å². The first kappa shape index (κ1) is 18.9. The average molecular weight is 391 g/mol. The highest BCUT2D eigenvalue weighted by Crippen LogP contribution is 2.27. The van der Waals surface area contributed by atoms with E-state index in [1.54, 1.807) is 36.1 Å². The Hall–Kier alpha value is -3.48. The molecule has 0 spiro atoms. The van der Waals surface area contributed by atoms with Gasteiger partial charge in [-0.15, -0.1) is 0 Å². The van der Waals surface area contributed by atoms with Crippen LogP contribution in [0, 0.1) is 0 Å². The third-order valence-electron chi connectivity index (χ3n) is 5.16. The zero-order valence-corrected chi connectivity index (χ0v) is 16.3. The van der Waals surface area contributed by atoms with Crippen LogP contribution in [-0.2, 0) is 23.0 Å². The van der Waals surface area contributed by atoms with E-state index in [2.05, 4.69) is 5.10 Å². The smallest absolute Gasteiger partial charge is 0.360 e. The minimum atomic E-state index is -0.980. The van der Waals surface area contributed by atoms with Crippen molar-refractivity contribution in [2.45, 2.75) is 25.9 Å². The second-order valence-corrected chi connectivity index (χ2v) is 7.09. The summed E-state index contributed by atoms with van der Waals surface area (Å²) in [4.78, 5) is 39.7. The van der Waals surface area contributed by atoms with Crippen molar-refractivity contribution in [2.24, 2.45) is 7.05 Å². The number of hydrogen-bond acceptors (Lipinski definition) is 5. The molecule has 4 rings (SSSR count). The van der Waals surface area contributed by atoms with Gasteiger partial charge in [0.25, 0.3) is 11.5 Å². The number of rotatable bonds is 3. The molecule has 0 N–H and O–H groups in total. The number of esters is 1. The van der Waals surface area contributed by atoms with Crippen LogP contribution in [0.15, 0.2) is 53.3 Å². The van der Waals surface area contributed by atoms with E-state index in [1.807, 2.05) is 24.3 Å². The SMILES string of the molecule is C[C@@H](OC(=O)c1nn(C)c(=O)c2ccccc12)C(=O)N1CCCc2ccccc21. The second kappa shape index (κ2) is 7.50. The molecule has 0 bridgehead atoms. The van der Waals surface area contributed by atoms with Crippen molar-refractivity contribution in [3.05, 3.63) is 70.1 Å². The van der Waals surface area contributed by atoms with E-state index in [1.165, 1.54) is 7.05 Å². The third kappa shape index (κ3) is 3.40. The Kier molecular flexibility index (Phi) is 4.88. The molecule has 1 atom stereocenters. The number of aryl methyl sites for hydroxylation is 2. The Morgan fingerprint density at radius 3 is 2.55 bits per heavy atom.